The summed E-state index contributed by atoms with van der Waals surface area (Å²) >= 11 is 12.2. The molecule has 3 aromatic rings. The van der Waals surface area contributed by atoms with E-state index in [0.29, 0.717) is 47.4 Å². The lowest BCUT2D eigenvalue weighted by Gasteiger charge is -2.27. The second-order valence-electron chi connectivity index (χ2n) is 7.62. The van der Waals surface area contributed by atoms with E-state index in [1.165, 1.54) is 23.1 Å². The lowest BCUT2D eigenvalue weighted by atomic mass is 10.1. The fourth-order valence-corrected chi connectivity index (χ4v) is 3.91. The highest BCUT2D eigenvalue weighted by Crippen LogP contribution is 2.35. The Kier molecular flexibility index (Phi) is 7.41. The molecule has 0 radical (unpaired) electrons. The van der Waals surface area contributed by atoms with Crippen LogP contribution in [0.4, 0.5) is 28.1 Å². The van der Waals surface area contributed by atoms with Crippen LogP contribution in [0, 0.1) is 10.1 Å². The molecule has 1 aromatic carbocycles. The number of rotatable bonds is 8. The summed E-state index contributed by atoms with van der Waals surface area (Å²) in [4.78, 5) is 35.9. The van der Waals surface area contributed by atoms with Crippen LogP contribution in [-0.4, -0.2) is 55.6 Å². The van der Waals surface area contributed by atoms with Crippen LogP contribution >= 0.6 is 23.2 Å². The van der Waals surface area contributed by atoms with Crippen LogP contribution in [0.2, 0.25) is 10.0 Å². The SMILES string of the molecule is Nc1nc(NCCNc2nc3c(c(Oc4ccc(Cl)cc4Cl)n2)CN(C(=O)O)CC3)ccc1[N+](=O)[O-]. The van der Waals surface area contributed by atoms with Crippen molar-refractivity contribution in [3.8, 4) is 11.6 Å². The molecule has 0 saturated heterocycles. The van der Waals surface area contributed by atoms with Crippen LogP contribution in [0.25, 0.3) is 0 Å². The molecule has 1 aliphatic heterocycles. The number of nitrogen functional groups attached to an aromatic ring is 1. The van der Waals surface area contributed by atoms with Crippen LogP contribution in [-0.2, 0) is 13.0 Å². The molecular formula is C21H20Cl2N8O5. The maximum atomic E-state index is 11.5. The molecule has 3 heterocycles. The van der Waals surface area contributed by atoms with E-state index in [-0.39, 0.29) is 41.4 Å². The van der Waals surface area contributed by atoms with Crippen molar-refractivity contribution < 1.29 is 19.6 Å². The number of aromatic nitrogens is 3. The number of fused-ring (bicyclic) bond motifs is 1. The number of hydrogen-bond donors (Lipinski definition) is 4. The zero-order valence-electron chi connectivity index (χ0n) is 18.6. The van der Waals surface area contributed by atoms with Gasteiger partial charge in [-0.05, 0) is 24.3 Å². The van der Waals surface area contributed by atoms with Crippen molar-refractivity contribution in [2.24, 2.45) is 0 Å². The number of nitrogens with two attached hydrogens (primary N) is 1. The van der Waals surface area contributed by atoms with E-state index in [4.69, 9.17) is 33.7 Å². The van der Waals surface area contributed by atoms with E-state index in [1.54, 1.807) is 12.1 Å². The Morgan fingerprint density at radius 1 is 1.19 bits per heavy atom. The highest BCUT2D eigenvalue weighted by Gasteiger charge is 2.26. The molecule has 0 bridgehead atoms. The number of halogens is 2. The molecule has 2 aromatic heterocycles. The molecule has 0 spiro atoms. The van der Waals surface area contributed by atoms with Crippen LogP contribution in [0.1, 0.15) is 11.3 Å². The summed E-state index contributed by atoms with van der Waals surface area (Å²) in [7, 11) is 0. The van der Waals surface area contributed by atoms with Crippen molar-refractivity contribution in [3.05, 3.63) is 61.7 Å². The van der Waals surface area contributed by atoms with Gasteiger partial charge in [-0.15, -0.1) is 0 Å². The van der Waals surface area contributed by atoms with Crippen molar-refractivity contribution in [2.75, 3.05) is 36.0 Å². The van der Waals surface area contributed by atoms with Crippen LogP contribution in [0.3, 0.4) is 0 Å². The first kappa shape index (κ1) is 25.0. The molecule has 0 atom stereocenters. The van der Waals surface area contributed by atoms with Gasteiger partial charge >= 0.3 is 11.8 Å². The normalized spacial score (nSPS) is 12.6. The number of nitrogens with one attached hydrogen (secondary N) is 2. The van der Waals surface area contributed by atoms with Crippen LogP contribution in [0.15, 0.2) is 30.3 Å². The number of nitrogens with zero attached hydrogens (tertiary/aromatic N) is 5. The van der Waals surface area contributed by atoms with Gasteiger partial charge in [-0.1, -0.05) is 23.2 Å². The number of nitro groups is 1. The monoisotopic (exact) mass is 534 g/mol. The van der Waals surface area contributed by atoms with Gasteiger partial charge in [0.15, 0.2) is 0 Å². The maximum Gasteiger partial charge on any atom is 0.407 e. The smallest absolute Gasteiger partial charge is 0.407 e. The molecule has 5 N–H and O–H groups in total. The second-order valence-corrected chi connectivity index (χ2v) is 8.46. The number of ether oxygens (including phenoxy) is 1. The Hall–Kier alpha value is -4.10. The molecule has 1 aliphatic rings. The third-order valence-corrected chi connectivity index (χ3v) is 5.74. The summed E-state index contributed by atoms with van der Waals surface area (Å²) in [5, 5.41) is 27.1. The summed E-state index contributed by atoms with van der Waals surface area (Å²) < 4.78 is 5.95. The highest BCUT2D eigenvalue weighted by molar-refractivity contribution is 6.35. The average molecular weight is 535 g/mol. The zero-order chi connectivity index (χ0) is 25.8. The fraction of sp³-hybridized carbons (Fsp3) is 0.238. The van der Waals surface area contributed by atoms with Gasteiger partial charge in [-0.2, -0.15) is 4.98 Å². The molecule has 13 nitrogen and oxygen atoms in total. The maximum absolute atomic E-state index is 11.5. The number of amides is 1. The van der Waals surface area contributed by atoms with Crippen molar-refractivity contribution in [3.63, 3.8) is 0 Å². The average Bonchev–Trinajstić information content (AvgIpc) is 2.83. The topological polar surface area (TPSA) is 182 Å². The minimum atomic E-state index is -1.05. The third kappa shape index (κ3) is 5.75. The van der Waals surface area contributed by atoms with Gasteiger partial charge in [0.05, 0.1) is 27.7 Å². The summed E-state index contributed by atoms with van der Waals surface area (Å²) in [6.45, 7) is 1.09. The molecule has 0 saturated carbocycles. The Balaban J connectivity index is 1.49. The molecule has 0 fully saturated rings. The van der Waals surface area contributed by atoms with Gasteiger partial charge in [-0.3, -0.25) is 10.1 Å². The molecule has 4 rings (SSSR count). The van der Waals surface area contributed by atoms with E-state index in [2.05, 4.69) is 25.6 Å². The number of carboxylic acid groups (broad SMARTS) is 1. The Morgan fingerprint density at radius 2 is 1.97 bits per heavy atom. The predicted molar refractivity (Wildman–Crippen MR) is 133 cm³/mol. The zero-order valence-corrected chi connectivity index (χ0v) is 20.1. The van der Waals surface area contributed by atoms with E-state index in [0.717, 1.165) is 0 Å². The van der Waals surface area contributed by atoms with E-state index >= 15 is 0 Å². The standard InChI is InChI=1S/C21H20Cl2N8O5/c22-11-1-3-16(13(23)9-11)36-19-12-10-30(21(32)33)8-5-14(12)27-20(29-19)26-7-6-25-17-4-2-15(31(34)35)18(24)28-17/h1-4,9H,5-8,10H2,(H,32,33)(H3,24,25,28)(H,26,27,29). The van der Waals surface area contributed by atoms with Crippen LogP contribution in [0.5, 0.6) is 11.6 Å². The quantitative estimate of drug-likeness (QED) is 0.186. The Morgan fingerprint density at radius 3 is 2.67 bits per heavy atom. The van der Waals surface area contributed by atoms with Gasteiger partial charge in [-0.25, -0.2) is 14.8 Å². The number of pyridine rings is 1. The first-order valence-electron chi connectivity index (χ1n) is 10.6. The van der Waals surface area contributed by atoms with Crippen molar-refractivity contribution >= 4 is 52.6 Å². The van der Waals surface area contributed by atoms with Gasteiger partial charge in [0, 0.05) is 37.1 Å². The number of carbonyl (C=O) groups is 1. The van der Waals surface area contributed by atoms with E-state index in [9.17, 15) is 20.0 Å². The summed E-state index contributed by atoms with van der Waals surface area (Å²) in [6, 6.07) is 7.47. The number of anilines is 3. The Bertz CT molecular complexity index is 1330. The molecule has 1 amide bonds. The predicted octanol–water partition coefficient (Wildman–Crippen LogP) is 4.02. The Labute approximate surface area is 214 Å². The molecule has 15 heteroatoms. The van der Waals surface area contributed by atoms with Gasteiger partial charge < -0.3 is 31.1 Å². The number of benzene rings is 1. The van der Waals surface area contributed by atoms with Crippen molar-refractivity contribution in [2.45, 2.75) is 13.0 Å². The summed E-state index contributed by atoms with van der Waals surface area (Å²) in [5.74, 6) is 0.949. The summed E-state index contributed by atoms with van der Waals surface area (Å²) in [5.41, 5.74) is 6.54. The lowest BCUT2D eigenvalue weighted by molar-refractivity contribution is -0.384. The third-order valence-electron chi connectivity index (χ3n) is 5.21. The lowest BCUT2D eigenvalue weighted by Crippen LogP contribution is -2.35. The van der Waals surface area contributed by atoms with Crippen LogP contribution < -0.4 is 21.1 Å². The molecular weight excluding hydrogens is 515 g/mol. The number of hydrogen-bond acceptors (Lipinski definition) is 10. The van der Waals surface area contributed by atoms with E-state index in [1.807, 2.05) is 0 Å². The van der Waals surface area contributed by atoms with Gasteiger partial charge in [0.25, 0.3) is 0 Å². The first-order chi connectivity index (χ1) is 17.2. The molecule has 188 valence electrons. The summed E-state index contributed by atoms with van der Waals surface area (Å²) in [6.07, 6.45) is -0.668. The van der Waals surface area contributed by atoms with E-state index < -0.39 is 11.0 Å². The molecule has 0 unspecified atom stereocenters. The second kappa shape index (κ2) is 10.7. The molecule has 0 aliphatic carbocycles. The minimum absolute atomic E-state index is 0.0697. The molecule has 36 heavy (non-hydrogen) atoms. The van der Waals surface area contributed by atoms with Gasteiger partial charge in [0.2, 0.25) is 17.6 Å². The van der Waals surface area contributed by atoms with Gasteiger partial charge in [0.1, 0.15) is 11.6 Å². The van der Waals surface area contributed by atoms with Crippen molar-refractivity contribution in [1.82, 2.24) is 19.9 Å². The fourth-order valence-electron chi connectivity index (χ4n) is 3.46. The van der Waals surface area contributed by atoms with Crippen molar-refractivity contribution in [1.29, 1.82) is 0 Å². The minimum Gasteiger partial charge on any atom is -0.465 e. The first-order valence-corrected chi connectivity index (χ1v) is 11.4. The highest BCUT2D eigenvalue weighted by atomic mass is 35.5. The largest absolute Gasteiger partial charge is 0.465 e.